The second kappa shape index (κ2) is 9.30. The molecule has 8 nitrogen and oxygen atoms in total. The lowest BCUT2D eigenvalue weighted by Gasteiger charge is -2.22. The molecule has 3 rings (SSSR count). The molecule has 2 N–H and O–H groups in total. The molecule has 9 heteroatoms. The van der Waals surface area contributed by atoms with Crippen LogP contribution in [0.5, 0.6) is 0 Å². The molecule has 32 heavy (non-hydrogen) atoms. The third-order valence-corrected chi connectivity index (χ3v) is 6.75. The number of carbonyl (C=O) groups is 2. The van der Waals surface area contributed by atoms with Crippen LogP contribution >= 0.6 is 0 Å². The normalized spacial score (nSPS) is 14.3. The molecule has 0 spiro atoms. The summed E-state index contributed by atoms with van der Waals surface area (Å²) in [5.41, 5.74) is 1.35. The topological polar surface area (TPSA) is 105 Å². The lowest BCUT2D eigenvalue weighted by molar-refractivity contribution is 0.0600. The van der Waals surface area contributed by atoms with Crippen molar-refractivity contribution in [3.63, 3.8) is 0 Å². The number of nitrogens with zero attached hydrogens (tertiary/aromatic N) is 1. The number of benzene rings is 2. The fourth-order valence-electron chi connectivity index (χ4n) is 3.56. The van der Waals surface area contributed by atoms with E-state index in [1.165, 1.54) is 31.4 Å². The van der Waals surface area contributed by atoms with Crippen LogP contribution in [0.1, 0.15) is 54.3 Å². The lowest BCUT2D eigenvalue weighted by Crippen LogP contribution is -2.40. The minimum Gasteiger partial charge on any atom is -0.465 e. The number of hydrogen-bond donors (Lipinski definition) is 2. The largest absolute Gasteiger partial charge is 0.465 e. The number of sulfonamides is 1. The highest BCUT2D eigenvalue weighted by atomic mass is 32.2. The molecule has 172 valence electrons. The summed E-state index contributed by atoms with van der Waals surface area (Å²) in [4.78, 5) is 27.1. The van der Waals surface area contributed by atoms with Crippen LogP contribution in [0.25, 0.3) is 0 Å². The molecular formula is C23H29N3O5S. The zero-order chi connectivity index (χ0) is 23.5. The van der Waals surface area contributed by atoms with E-state index in [4.69, 9.17) is 4.74 Å². The van der Waals surface area contributed by atoms with Crippen LogP contribution in [0, 0.1) is 0 Å². The van der Waals surface area contributed by atoms with Crippen molar-refractivity contribution in [2.45, 2.75) is 44.0 Å². The van der Waals surface area contributed by atoms with E-state index in [0.29, 0.717) is 16.8 Å². The van der Waals surface area contributed by atoms with Gasteiger partial charge in [0.15, 0.2) is 0 Å². The molecule has 0 unspecified atom stereocenters. The Bertz CT molecular complexity index is 1100. The highest BCUT2D eigenvalue weighted by Gasteiger charge is 2.23. The molecule has 0 aliphatic carbocycles. The number of amides is 1. The predicted molar refractivity (Wildman–Crippen MR) is 124 cm³/mol. The number of rotatable bonds is 6. The van der Waals surface area contributed by atoms with Crippen molar-refractivity contribution < 1.29 is 22.7 Å². The number of anilines is 2. The van der Waals surface area contributed by atoms with Crippen LogP contribution in [0.3, 0.4) is 0 Å². The standard InChI is InChI=1S/C23H29N3O5S/c1-23(2,3)25-32(29,30)18-10-7-16(8-11-18)21(27)24-19-15-17(22(28)31-4)9-12-20(19)26-13-5-6-14-26/h7-12,15,25H,5-6,13-14H2,1-4H3,(H,24,27). The van der Waals surface area contributed by atoms with Gasteiger partial charge in [-0.2, -0.15) is 0 Å². The van der Waals surface area contributed by atoms with E-state index in [9.17, 15) is 18.0 Å². The summed E-state index contributed by atoms with van der Waals surface area (Å²) in [6.07, 6.45) is 2.12. The van der Waals surface area contributed by atoms with E-state index >= 15 is 0 Å². The number of carbonyl (C=O) groups excluding carboxylic acids is 2. The van der Waals surface area contributed by atoms with Crippen molar-refractivity contribution in [2.75, 3.05) is 30.4 Å². The summed E-state index contributed by atoms with van der Waals surface area (Å²) < 4.78 is 32.3. The van der Waals surface area contributed by atoms with Gasteiger partial charge in [0.25, 0.3) is 5.91 Å². The molecule has 1 aliphatic rings. The molecule has 1 amide bonds. The van der Waals surface area contributed by atoms with Gasteiger partial charge in [-0.05, 0) is 76.1 Å². The Balaban J connectivity index is 1.85. The molecule has 0 aromatic heterocycles. The van der Waals surface area contributed by atoms with E-state index in [1.807, 2.05) is 0 Å². The van der Waals surface area contributed by atoms with Crippen LogP contribution in [-0.2, 0) is 14.8 Å². The van der Waals surface area contributed by atoms with Crippen LogP contribution in [-0.4, -0.2) is 46.0 Å². The minimum atomic E-state index is -3.69. The van der Waals surface area contributed by atoms with Gasteiger partial charge in [-0.3, -0.25) is 4.79 Å². The maximum Gasteiger partial charge on any atom is 0.337 e. The first-order valence-corrected chi connectivity index (χ1v) is 11.9. The first-order valence-electron chi connectivity index (χ1n) is 10.4. The Morgan fingerprint density at radius 3 is 2.12 bits per heavy atom. The first kappa shape index (κ1) is 23.7. The second-order valence-corrected chi connectivity index (χ2v) is 10.4. The number of ether oxygens (including phenoxy) is 1. The average Bonchev–Trinajstić information content (AvgIpc) is 3.26. The van der Waals surface area contributed by atoms with Crippen molar-refractivity contribution in [3.8, 4) is 0 Å². The van der Waals surface area contributed by atoms with Gasteiger partial charge in [0.2, 0.25) is 10.0 Å². The monoisotopic (exact) mass is 459 g/mol. The van der Waals surface area contributed by atoms with E-state index in [0.717, 1.165) is 31.6 Å². The van der Waals surface area contributed by atoms with E-state index in [2.05, 4.69) is 14.9 Å². The Morgan fingerprint density at radius 1 is 0.969 bits per heavy atom. The summed E-state index contributed by atoms with van der Waals surface area (Å²) in [6, 6.07) is 10.8. The maximum absolute atomic E-state index is 12.9. The van der Waals surface area contributed by atoms with Crippen molar-refractivity contribution >= 4 is 33.3 Å². The molecule has 1 aliphatic heterocycles. The molecule has 0 saturated carbocycles. The molecule has 0 atom stereocenters. The number of hydrogen-bond acceptors (Lipinski definition) is 6. The Morgan fingerprint density at radius 2 is 1.56 bits per heavy atom. The number of methoxy groups -OCH3 is 1. The maximum atomic E-state index is 12.9. The van der Waals surface area contributed by atoms with Crippen molar-refractivity contribution in [2.24, 2.45) is 0 Å². The fourth-order valence-corrected chi connectivity index (χ4v) is 4.98. The number of nitrogens with one attached hydrogen (secondary N) is 2. The molecular weight excluding hydrogens is 430 g/mol. The van der Waals surface area contributed by atoms with Gasteiger partial charge in [0.05, 0.1) is 28.9 Å². The summed E-state index contributed by atoms with van der Waals surface area (Å²) in [6.45, 7) is 7.01. The molecule has 1 fully saturated rings. The first-order chi connectivity index (χ1) is 15.0. The van der Waals surface area contributed by atoms with Crippen LogP contribution in [0.2, 0.25) is 0 Å². The fraction of sp³-hybridized carbons (Fsp3) is 0.391. The Hall–Kier alpha value is -2.91. The van der Waals surface area contributed by atoms with Gasteiger partial charge in [-0.25, -0.2) is 17.9 Å². The van der Waals surface area contributed by atoms with Crippen molar-refractivity contribution in [3.05, 3.63) is 53.6 Å². The highest BCUT2D eigenvalue weighted by Crippen LogP contribution is 2.31. The lowest BCUT2D eigenvalue weighted by atomic mass is 10.1. The highest BCUT2D eigenvalue weighted by molar-refractivity contribution is 7.89. The third kappa shape index (κ3) is 5.66. The molecule has 1 heterocycles. The van der Waals surface area contributed by atoms with Crippen LogP contribution in [0.15, 0.2) is 47.4 Å². The van der Waals surface area contributed by atoms with E-state index in [1.54, 1.807) is 39.0 Å². The molecule has 0 radical (unpaired) electrons. The smallest absolute Gasteiger partial charge is 0.337 e. The number of esters is 1. The summed E-state index contributed by atoms with van der Waals surface area (Å²) >= 11 is 0. The van der Waals surface area contributed by atoms with Gasteiger partial charge in [0, 0.05) is 24.2 Å². The van der Waals surface area contributed by atoms with Crippen LogP contribution in [0.4, 0.5) is 11.4 Å². The van der Waals surface area contributed by atoms with Crippen LogP contribution < -0.4 is 14.9 Å². The second-order valence-electron chi connectivity index (χ2n) is 8.75. The SMILES string of the molecule is COC(=O)c1ccc(N2CCCC2)c(NC(=O)c2ccc(S(=O)(=O)NC(C)(C)C)cc2)c1. The van der Waals surface area contributed by atoms with E-state index < -0.39 is 27.4 Å². The molecule has 1 saturated heterocycles. The van der Waals surface area contributed by atoms with Crippen molar-refractivity contribution in [1.82, 2.24) is 4.72 Å². The predicted octanol–water partition coefficient (Wildman–Crippen LogP) is 3.40. The average molecular weight is 460 g/mol. The molecule has 2 aromatic rings. The zero-order valence-corrected chi connectivity index (χ0v) is 19.6. The third-order valence-electron chi connectivity index (χ3n) is 4.98. The summed E-state index contributed by atoms with van der Waals surface area (Å²) in [7, 11) is -2.39. The van der Waals surface area contributed by atoms with E-state index in [-0.39, 0.29) is 4.90 Å². The summed E-state index contributed by atoms with van der Waals surface area (Å²) in [5, 5.41) is 2.87. The van der Waals surface area contributed by atoms with Gasteiger partial charge < -0.3 is 15.0 Å². The quantitative estimate of drug-likeness (QED) is 0.642. The summed E-state index contributed by atoms with van der Waals surface area (Å²) in [5.74, 6) is -0.894. The molecule has 2 aromatic carbocycles. The Kier molecular flexibility index (Phi) is 6.90. The van der Waals surface area contributed by atoms with Crippen molar-refractivity contribution in [1.29, 1.82) is 0 Å². The van der Waals surface area contributed by atoms with Gasteiger partial charge in [0.1, 0.15) is 0 Å². The van der Waals surface area contributed by atoms with Gasteiger partial charge in [-0.15, -0.1) is 0 Å². The minimum absolute atomic E-state index is 0.0782. The van der Waals surface area contributed by atoms with Gasteiger partial charge in [-0.1, -0.05) is 0 Å². The van der Waals surface area contributed by atoms with Gasteiger partial charge >= 0.3 is 5.97 Å². The zero-order valence-electron chi connectivity index (χ0n) is 18.8. The molecule has 0 bridgehead atoms. The Labute approximate surface area is 189 Å².